The maximum Gasteiger partial charge on any atom is 0.345 e. The molecular weight excluding hydrogens is 500 g/mol. The highest BCUT2D eigenvalue weighted by Gasteiger charge is 2.25. The first-order chi connectivity index (χ1) is 15.3. The second-order valence-electron chi connectivity index (χ2n) is 6.16. The molecule has 0 aliphatic rings. The zero-order chi connectivity index (χ0) is 23.3. The quantitative estimate of drug-likeness (QED) is 0.211. The number of nitrogens with one attached hydrogen (secondary N) is 2. The predicted molar refractivity (Wildman–Crippen MR) is 126 cm³/mol. The van der Waals surface area contributed by atoms with E-state index in [9.17, 15) is 9.59 Å². The molecule has 0 saturated heterocycles. The average Bonchev–Trinajstić information content (AvgIpc) is 3.03. The summed E-state index contributed by atoms with van der Waals surface area (Å²) in [5.41, 5.74) is 3.01. The Hall–Kier alpha value is -2.71. The Labute approximate surface area is 203 Å². The molecule has 1 amide bonds. The third-order valence-corrected chi connectivity index (χ3v) is 5.12. The zero-order valence-electron chi connectivity index (χ0n) is 16.4. The molecule has 0 aliphatic heterocycles. The third kappa shape index (κ3) is 5.75. The number of hydrazone groups is 1. The van der Waals surface area contributed by atoms with Gasteiger partial charge in [-0.05, 0) is 43.3 Å². The van der Waals surface area contributed by atoms with Crippen molar-refractivity contribution in [1.29, 1.82) is 0 Å². The molecule has 0 radical (unpaired) electrons. The summed E-state index contributed by atoms with van der Waals surface area (Å²) in [4.78, 5) is 24.7. The molecule has 0 saturated carbocycles. The molecule has 32 heavy (non-hydrogen) atoms. The number of ether oxygens (including phenoxy) is 1. The second kappa shape index (κ2) is 10.7. The van der Waals surface area contributed by atoms with Crippen LogP contribution in [-0.4, -0.2) is 24.7 Å². The van der Waals surface area contributed by atoms with Gasteiger partial charge in [-0.3, -0.25) is 4.79 Å². The van der Waals surface area contributed by atoms with Crippen molar-refractivity contribution in [2.45, 2.75) is 6.92 Å². The molecule has 0 unspecified atom stereocenters. The van der Waals surface area contributed by atoms with Crippen LogP contribution >= 0.6 is 46.4 Å². The molecule has 2 aromatic carbocycles. The van der Waals surface area contributed by atoms with Gasteiger partial charge in [-0.1, -0.05) is 52.5 Å². The Kier molecular flexibility index (Phi) is 8.04. The number of anilines is 2. The van der Waals surface area contributed by atoms with E-state index in [0.717, 1.165) is 6.21 Å². The fourth-order valence-corrected chi connectivity index (χ4v) is 3.50. The van der Waals surface area contributed by atoms with E-state index < -0.39 is 11.9 Å². The second-order valence-corrected chi connectivity index (χ2v) is 7.82. The summed E-state index contributed by atoms with van der Waals surface area (Å²) in [5.74, 6) is -1.22. The van der Waals surface area contributed by atoms with E-state index in [1.54, 1.807) is 31.2 Å². The summed E-state index contributed by atoms with van der Waals surface area (Å²) < 4.78 is 10.7. The van der Waals surface area contributed by atoms with Gasteiger partial charge >= 0.3 is 5.97 Å². The summed E-state index contributed by atoms with van der Waals surface area (Å²) >= 11 is 24.2. The number of amides is 1. The SMILES string of the molecule is CCOC(=O)c1c(Nc2cccc(Cl)c2)oc(/C=N\NC(=O)c2ccc(Cl)cc2Cl)c1Cl. The first-order valence-electron chi connectivity index (χ1n) is 9.10. The van der Waals surface area contributed by atoms with Crippen molar-refractivity contribution in [3.05, 3.63) is 79.4 Å². The van der Waals surface area contributed by atoms with E-state index >= 15 is 0 Å². The van der Waals surface area contributed by atoms with Crippen LogP contribution < -0.4 is 10.7 Å². The summed E-state index contributed by atoms with van der Waals surface area (Å²) in [6, 6.07) is 11.2. The number of rotatable bonds is 7. The largest absolute Gasteiger partial charge is 0.462 e. The minimum absolute atomic E-state index is 0.0155. The Bertz CT molecular complexity index is 1190. The van der Waals surface area contributed by atoms with Crippen LogP contribution in [0.2, 0.25) is 20.1 Å². The van der Waals surface area contributed by atoms with Crippen LogP contribution in [0.5, 0.6) is 0 Å². The molecule has 3 rings (SSSR count). The molecule has 0 fully saturated rings. The van der Waals surface area contributed by atoms with Gasteiger partial charge in [-0.25, -0.2) is 10.2 Å². The average molecular weight is 515 g/mol. The molecule has 1 aromatic heterocycles. The van der Waals surface area contributed by atoms with E-state index in [4.69, 9.17) is 55.6 Å². The lowest BCUT2D eigenvalue weighted by molar-refractivity contribution is 0.0527. The Morgan fingerprint density at radius 1 is 1.09 bits per heavy atom. The lowest BCUT2D eigenvalue weighted by Gasteiger charge is -2.06. The predicted octanol–water partition coefficient (Wildman–Crippen LogP) is 6.58. The van der Waals surface area contributed by atoms with Crippen LogP contribution in [0.3, 0.4) is 0 Å². The van der Waals surface area contributed by atoms with Crippen LogP contribution in [0.4, 0.5) is 11.6 Å². The van der Waals surface area contributed by atoms with E-state index in [0.29, 0.717) is 15.7 Å². The molecule has 1 heterocycles. The normalized spacial score (nSPS) is 10.9. The molecule has 0 atom stereocenters. The maximum atomic E-state index is 12.4. The highest BCUT2D eigenvalue weighted by Crippen LogP contribution is 2.34. The first kappa shape index (κ1) is 23.9. The van der Waals surface area contributed by atoms with Crippen molar-refractivity contribution < 1.29 is 18.7 Å². The van der Waals surface area contributed by atoms with Gasteiger partial charge in [0.2, 0.25) is 5.88 Å². The van der Waals surface area contributed by atoms with Gasteiger partial charge in [0.05, 0.1) is 23.4 Å². The van der Waals surface area contributed by atoms with Gasteiger partial charge in [0.25, 0.3) is 5.91 Å². The summed E-state index contributed by atoms with van der Waals surface area (Å²) in [7, 11) is 0. The van der Waals surface area contributed by atoms with Crippen molar-refractivity contribution >= 4 is 76.1 Å². The molecule has 0 aliphatic carbocycles. The van der Waals surface area contributed by atoms with Gasteiger partial charge in [-0.15, -0.1) is 0 Å². The van der Waals surface area contributed by atoms with Crippen LogP contribution in [0.25, 0.3) is 0 Å². The number of nitrogens with zero attached hydrogens (tertiary/aromatic N) is 1. The van der Waals surface area contributed by atoms with Gasteiger partial charge < -0.3 is 14.5 Å². The zero-order valence-corrected chi connectivity index (χ0v) is 19.4. The third-order valence-electron chi connectivity index (χ3n) is 3.96. The van der Waals surface area contributed by atoms with Gasteiger partial charge in [0.15, 0.2) is 5.76 Å². The van der Waals surface area contributed by atoms with Crippen molar-refractivity contribution in [2.75, 3.05) is 11.9 Å². The number of benzene rings is 2. The van der Waals surface area contributed by atoms with Crippen LogP contribution in [0.1, 0.15) is 33.4 Å². The minimum Gasteiger partial charge on any atom is -0.462 e. The molecule has 2 N–H and O–H groups in total. The molecule has 0 bridgehead atoms. The number of carbonyl (C=O) groups is 2. The van der Waals surface area contributed by atoms with Crippen molar-refractivity contribution in [3.63, 3.8) is 0 Å². The molecule has 7 nitrogen and oxygen atoms in total. The number of hydrogen-bond acceptors (Lipinski definition) is 6. The fourth-order valence-electron chi connectivity index (χ4n) is 2.57. The number of halogens is 4. The Balaban J connectivity index is 1.85. The maximum absolute atomic E-state index is 12.4. The monoisotopic (exact) mass is 513 g/mol. The van der Waals surface area contributed by atoms with E-state index in [1.807, 2.05) is 0 Å². The summed E-state index contributed by atoms with van der Waals surface area (Å²) in [6.07, 6.45) is 1.15. The first-order valence-corrected chi connectivity index (χ1v) is 10.6. The summed E-state index contributed by atoms with van der Waals surface area (Å²) in [5, 5.41) is 7.76. The topological polar surface area (TPSA) is 92.9 Å². The van der Waals surface area contributed by atoms with Crippen LogP contribution in [0, 0.1) is 0 Å². The lowest BCUT2D eigenvalue weighted by Crippen LogP contribution is -2.18. The Morgan fingerprint density at radius 3 is 2.53 bits per heavy atom. The number of esters is 1. The van der Waals surface area contributed by atoms with Crippen molar-refractivity contribution in [1.82, 2.24) is 5.43 Å². The number of hydrogen-bond donors (Lipinski definition) is 2. The smallest absolute Gasteiger partial charge is 0.345 e. The number of furan rings is 1. The van der Waals surface area contributed by atoms with Crippen LogP contribution in [0.15, 0.2) is 52.0 Å². The van der Waals surface area contributed by atoms with Crippen molar-refractivity contribution in [2.24, 2.45) is 5.10 Å². The lowest BCUT2D eigenvalue weighted by atomic mass is 10.2. The Morgan fingerprint density at radius 2 is 1.84 bits per heavy atom. The van der Waals surface area contributed by atoms with Gasteiger partial charge in [-0.2, -0.15) is 5.10 Å². The highest BCUT2D eigenvalue weighted by molar-refractivity contribution is 6.37. The highest BCUT2D eigenvalue weighted by atomic mass is 35.5. The fraction of sp³-hybridized carbons (Fsp3) is 0.0952. The van der Waals surface area contributed by atoms with Crippen molar-refractivity contribution in [3.8, 4) is 0 Å². The minimum atomic E-state index is -0.692. The number of carbonyl (C=O) groups excluding carboxylic acids is 2. The molecule has 166 valence electrons. The van der Waals surface area contributed by atoms with E-state index in [-0.39, 0.29) is 39.4 Å². The molecular formula is C21H15Cl4N3O4. The standard InChI is InChI=1S/C21H15Cl4N3O4/c1-2-31-21(30)17-18(25)16(32-20(17)27-13-5-3-4-11(22)8-13)10-26-28-19(29)14-7-6-12(23)9-15(14)24/h3-10,27H,2H2,1H3,(H,28,29)/b26-10-. The van der Waals surface area contributed by atoms with E-state index in [2.05, 4.69) is 15.8 Å². The van der Waals surface area contributed by atoms with Gasteiger partial charge in [0, 0.05) is 15.7 Å². The van der Waals surface area contributed by atoms with Gasteiger partial charge in [0.1, 0.15) is 10.6 Å². The molecule has 3 aromatic rings. The summed E-state index contributed by atoms with van der Waals surface area (Å²) in [6.45, 7) is 1.80. The molecule has 0 spiro atoms. The van der Waals surface area contributed by atoms with Crippen LogP contribution in [-0.2, 0) is 4.74 Å². The molecule has 11 heteroatoms. The van der Waals surface area contributed by atoms with E-state index in [1.165, 1.54) is 18.2 Å².